The first-order valence-electron chi connectivity index (χ1n) is 8.01. The topological polar surface area (TPSA) is 15.6 Å². The molecule has 0 amide bonds. The van der Waals surface area contributed by atoms with Gasteiger partial charge in [-0.2, -0.15) is 0 Å². The lowest BCUT2D eigenvalue weighted by Crippen LogP contribution is -2.14. The smallest absolute Gasteiger partial charge is 0.0909 e. The first-order valence-corrected chi connectivity index (χ1v) is 9.24. The normalized spacial score (nSPS) is 11.2. The van der Waals surface area contributed by atoms with E-state index < -0.39 is 0 Å². The minimum atomic E-state index is 0.963. The molecule has 2 rings (SSSR count). The van der Waals surface area contributed by atoms with Gasteiger partial charge < -0.3 is 4.90 Å². The Morgan fingerprint density at radius 3 is 2.52 bits per heavy atom. The van der Waals surface area contributed by atoms with Gasteiger partial charge in [-0.15, -0.1) is 11.8 Å². The van der Waals surface area contributed by atoms with Gasteiger partial charge in [-0.1, -0.05) is 24.3 Å². The molecular weight excluding hydrogens is 300 g/mol. The fraction of sp³-hybridized carbons (Fsp3) is 0.350. The van der Waals surface area contributed by atoms with Gasteiger partial charge in [0.05, 0.1) is 12.0 Å². The summed E-state index contributed by atoms with van der Waals surface area (Å²) in [4.78, 5) is 8.05. The van der Waals surface area contributed by atoms with Crippen molar-refractivity contribution < 1.29 is 0 Å². The number of benzene rings is 2. The molecule has 3 heteroatoms. The van der Waals surface area contributed by atoms with Crippen LogP contribution in [0, 0.1) is 13.8 Å². The van der Waals surface area contributed by atoms with Crippen LogP contribution in [0.4, 0.5) is 5.69 Å². The Hall–Kier alpha value is -1.74. The SMILES string of the molecule is CCN(C)/C=N\c1cc(C)c(Cc2ccccc2SC)cc1C. The van der Waals surface area contributed by atoms with Gasteiger partial charge in [0.15, 0.2) is 0 Å². The maximum absolute atomic E-state index is 4.62. The summed E-state index contributed by atoms with van der Waals surface area (Å²) in [7, 11) is 2.04. The first-order chi connectivity index (χ1) is 11.0. The van der Waals surface area contributed by atoms with Crippen LogP contribution >= 0.6 is 11.8 Å². The second-order valence-corrected chi connectivity index (χ2v) is 6.72. The molecule has 0 saturated carbocycles. The molecule has 2 aromatic rings. The van der Waals surface area contributed by atoms with Crippen LogP contribution < -0.4 is 0 Å². The van der Waals surface area contributed by atoms with E-state index in [0.717, 1.165) is 18.7 Å². The predicted octanol–water partition coefficient (Wildman–Crippen LogP) is 5.23. The van der Waals surface area contributed by atoms with Crippen LogP contribution in [-0.4, -0.2) is 31.1 Å². The summed E-state index contributed by atoms with van der Waals surface area (Å²) in [5.74, 6) is 0. The third-order valence-corrected chi connectivity index (χ3v) is 4.96. The molecule has 0 aromatic heterocycles. The molecule has 0 N–H and O–H groups in total. The van der Waals surface area contributed by atoms with Gasteiger partial charge in [0, 0.05) is 18.5 Å². The molecule has 2 nitrogen and oxygen atoms in total. The van der Waals surface area contributed by atoms with Gasteiger partial charge in [-0.05, 0) is 67.8 Å². The number of aliphatic imine (C=N–C) groups is 1. The summed E-state index contributed by atoms with van der Waals surface area (Å²) >= 11 is 1.81. The fourth-order valence-corrected chi connectivity index (χ4v) is 3.10. The zero-order valence-corrected chi connectivity index (χ0v) is 15.6. The van der Waals surface area contributed by atoms with Gasteiger partial charge in [-0.3, -0.25) is 0 Å². The van der Waals surface area contributed by atoms with E-state index in [1.807, 2.05) is 25.1 Å². The Bertz CT molecular complexity index is 692. The van der Waals surface area contributed by atoms with Gasteiger partial charge >= 0.3 is 0 Å². The van der Waals surface area contributed by atoms with Crippen LogP contribution in [0.2, 0.25) is 0 Å². The number of aryl methyl sites for hydroxylation is 2. The highest BCUT2D eigenvalue weighted by Gasteiger charge is 2.07. The summed E-state index contributed by atoms with van der Waals surface area (Å²) in [5.41, 5.74) is 6.37. The first kappa shape index (κ1) is 17.6. The standard InChI is InChI=1S/C20H26N2S/c1-6-22(4)14-21-19-12-15(2)18(11-16(19)3)13-17-9-7-8-10-20(17)23-5/h7-12,14H,6,13H2,1-5H3/b21-14-. The van der Waals surface area contributed by atoms with Crippen LogP contribution in [0.3, 0.4) is 0 Å². The lowest BCUT2D eigenvalue weighted by atomic mass is 9.97. The highest BCUT2D eigenvalue weighted by Crippen LogP contribution is 2.28. The second kappa shape index (κ2) is 8.21. The lowest BCUT2D eigenvalue weighted by Gasteiger charge is -2.13. The molecule has 0 saturated heterocycles. The molecule has 0 aliphatic heterocycles. The summed E-state index contributed by atoms with van der Waals surface area (Å²) in [6.45, 7) is 7.41. The van der Waals surface area contributed by atoms with E-state index in [2.05, 4.69) is 73.3 Å². The zero-order chi connectivity index (χ0) is 16.8. The third-order valence-electron chi connectivity index (χ3n) is 4.12. The molecule has 122 valence electrons. The average molecular weight is 327 g/mol. The molecule has 0 aliphatic carbocycles. The number of thioether (sulfide) groups is 1. The Labute approximate surface area is 144 Å². The van der Waals surface area contributed by atoms with Crippen LogP contribution in [0.1, 0.15) is 29.2 Å². The largest absolute Gasteiger partial charge is 0.366 e. The molecule has 2 aromatic carbocycles. The van der Waals surface area contributed by atoms with Crippen molar-refractivity contribution in [2.75, 3.05) is 19.8 Å². The maximum Gasteiger partial charge on any atom is 0.0909 e. The van der Waals surface area contributed by atoms with Crippen molar-refractivity contribution in [3.05, 3.63) is 58.7 Å². The zero-order valence-electron chi connectivity index (χ0n) is 14.8. The van der Waals surface area contributed by atoms with E-state index in [1.54, 1.807) is 0 Å². The molecule has 23 heavy (non-hydrogen) atoms. The highest BCUT2D eigenvalue weighted by atomic mass is 32.2. The monoisotopic (exact) mass is 326 g/mol. The molecule has 0 heterocycles. The second-order valence-electron chi connectivity index (χ2n) is 5.87. The molecule has 0 aliphatic rings. The Morgan fingerprint density at radius 2 is 1.83 bits per heavy atom. The van der Waals surface area contributed by atoms with Crippen molar-refractivity contribution in [2.45, 2.75) is 32.1 Å². The molecule has 0 unspecified atom stereocenters. The van der Waals surface area contributed by atoms with Crippen LogP contribution in [0.15, 0.2) is 46.3 Å². The van der Waals surface area contributed by atoms with E-state index in [-0.39, 0.29) is 0 Å². The molecule has 0 fully saturated rings. The minimum absolute atomic E-state index is 0.963. The number of hydrogen-bond acceptors (Lipinski definition) is 2. The number of nitrogens with zero attached hydrogens (tertiary/aromatic N) is 2. The third kappa shape index (κ3) is 4.61. The van der Waals surface area contributed by atoms with Gasteiger partial charge in [0.25, 0.3) is 0 Å². The van der Waals surface area contributed by atoms with Gasteiger partial charge in [0.2, 0.25) is 0 Å². The highest BCUT2D eigenvalue weighted by molar-refractivity contribution is 7.98. The maximum atomic E-state index is 4.62. The summed E-state index contributed by atoms with van der Waals surface area (Å²) in [6.07, 6.45) is 5.02. The molecular formula is C20H26N2S. The van der Waals surface area contributed by atoms with Crippen molar-refractivity contribution in [1.82, 2.24) is 4.90 Å². The summed E-state index contributed by atoms with van der Waals surface area (Å²) < 4.78 is 0. The molecule has 0 atom stereocenters. The van der Waals surface area contributed by atoms with Crippen molar-refractivity contribution in [3.63, 3.8) is 0 Å². The quantitative estimate of drug-likeness (QED) is 0.410. The van der Waals surface area contributed by atoms with E-state index in [1.165, 1.54) is 27.1 Å². The van der Waals surface area contributed by atoms with E-state index in [9.17, 15) is 0 Å². The summed E-state index contributed by atoms with van der Waals surface area (Å²) in [5, 5.41) is 0. The van der Waals surface area contributed by atoms with Crippen molar-refractivity contribution in [1.29, 1.82) is 0 Å². The van der Waals surface area contributed by atoms with Crippen LogP contribution in [-0.2, 0) is 6.42 Å². The van der Waals surface area contributed by atoms with Crippen molar-refractivity contribution >= 4 is 23.8 Å². The Balaban J connectivity index is 2.28. The van der Waals surface area contributed by atoms with Gasteiger partial charge in [-0.25, -0.2) is 4.99 Å². The van der Waals surface area contributed by atoms with Crippen molar-refractivity contribution in [2.24, 2.45) is 4.99 Å². The van der Waals surface area contributed by atoms with E-state index in [4.69, 9.17) is 0 Å². The lowest BCUT2D eigenvalue weighted by molar-refractivity contribution is 0.552. The number of rotatable bonds is 6. The molecule has 0 bridgehead atoms. The molecule has 0 spiro atoms. The van der Waals surface area contributed by atoms with Gasteiger partial charge in [0.1, 0.15) is 0 Å². The predicted molar refractivity (Wildman–Crippen MR) is 103 cm³/mol. The summed E-state index contributed by atoms with van der Waals surface area (Å²) in [6, 6.07) is 13.1. The minimum Gasteiger partial charge on any atom is -0.366 e. The molecule has 0 radical (unpaired) electrons. The van der Waals surface area contributed by atoms with Crippen LogP contribution in [0.25, 0.3) is 0 Å². The fourth-order valence-electron chi connectivity index (χ4n) is 2.49. The van der Waals surface area contributed by atoms with E-state index in [0.29, 0.717) is 0 Å². The van der Waals surface area contributed by atoms with Crippen molar-refractivity contribution in [3.8, 4) is 0 Å². The number of hydrogen-bond donors (Lipinski definition) is 0. The average Bonchev–Trinajstić information content (AvgIpc) is 2.56. The van der Waals surface area contributed by atoms with Crippen LogP contribution in [0.5, 0.6) is 0 Å². The van der Waals surface area contributed by atoms with E-state index >= 15 is 0 Å². The Morgan fingerprint density at radius 1 is 1.09 bits per heavy atom. The Kier molecular flexibility index (Phi) is 6.28.